The molecule has 1 N–H and O–H groups in total. The van der Waals surface area contributed by atoms with Gasteiger partial charge in [0, 0.05) is 35.8 Å². The van der Waals surface area contributed by atoms with Crippen molar-refractivity contribution in [3.8, 4) is 11.5 Å². The Kier molecular flexibility index (Phi) is 3.26. The van der Waals surface area contributed by atoms with Crippen LogP contribution in [0.15, 0.2) is 18.3 Å². The number of hydrogen-bond acceptors (Lipinski definition) is 3. The quantitative estimate of drug-likeness (QED) is 0.937. The summed E-state index contributed by atoms with van der Waals surface area (Å²) in [5.41, 5.74) is 2.51. The summed E-state index contributed by atoms with van der Waals surface area (Å²) in [7, 11) is 2.26. The molecule has 0 saturated heterocycles. The molecule has 21 heavy (non-hydrogen) atoms. The smallest absolute Gasteiger partial charge is 0.231 e. The second-order valence-corrected chi connectivity index (χ2v) is 6.23. The van der Waals surface area contributed by atoms with Gasteiger partial charge >= 0.3 is 0 Å². The van der Waals surface area contributed by atoms with Crippen molar-refractivity contribution in [3.63, 3.8) is 0 Å². The molecule has 4 rings (SSSR count). The van der Waals surface area contributed by atoms with E-state index < -0.39 is 0 Å². The maximum Gasteiger partial charge on any atom is 0.231 e. The second kappa shape index (κ2) is 5.26. The van der Waals surface area contributed by atoms with Gasteiger partial charge in [-0.05, 0) is 37.9 Å². The molecule has 4 heteroatoms. The van der Waals surface area contributed by atoms with Crippen molar-refractivity contribution in [1.29, 1.82) is 0 Å². The number of likely N-dealkylation sites (N-methyl/N-ethyl adjacent to an activating group) is 1. The fourth-order valence-corrected chi connectivity index (χ4v) is 3.60. The highest BCUT2D eigenvalue weighted by atomic mass is 16.7. The molecular weight excluding hydrogens is 264 g/mol. The van der Waals surface area contributed by atoms with Crippen LogP contribution in [-0.4, -0.2) is 36.3 Å². The van der Waals surface area contributed by atoms with Crippen LogP contribution in [0.1, 0.15) is 31.2 Å². The van der Waals surface area contributed by atoms with E-state index in [1.807, 2.05) is 6.07 Å². The van der Waals surface area contributed by atoms with Gasteiger partial charge in [0.25, 0.3) is 0 Å². The van der Waals surface area contributed by atoms with Crippen LogP contribution in [0.25, 0.3) is 10.9 Å². The molecule has 1 aliphatic heterocycles. The first-order valence-electron chi connectivity index (χ1n) is 7.91. The number of benzene rings is 1. The van der Waals surface area contributed by atoms with E-state index in [9.17, 15) is 0 Å². The summed E-state index contributed by atoms with van der Waals surface area (Å²) in [5, 5.41) is 1.26. The molecule has 1 saturated carbocycles. The van der Waals surface area contributed by atoms with Gasteiger partial charge in [-0.1, -0.05) is 12.8 Å². The van der Waals surface area contributed by atoms with Crippen LogP contribution in [0.4, 0.5) is 0 Å². The molecule has 2 aromatic rings. The van der Waals surface area contributed by atoms with Crippen molar-refractivity contribution >= 4 is 10.9 Å². The van der Waals surface area contributed by atoms with Gasteiger partial charge < -0.3 is 19.4 Å². The predicted octanol–water partition coefficient (Wildman–Crippen LogP) is 3.31. The number of hydrogen-bond donors (Lipinski definition) is 1. The predicted molar refractivity (Wildman–Crippen MR) is 83.0 cm³/mol. The zero-order valence-corrected chi connectivity index (χ0v) is 12.5. The minimum absolute atomic E-state index is 0.335. The minimum Gasteiger partial charge on any atom is -0.454 e. The van der Waals surface area contributed by atoms with Gasteiger partial charge in [-0.3, -0.25) is 0 Å². The van der Waals surface area contributed by atoms with E-state index in [0.717, 1.165) is 36.0 Å². The summed E-state index contributed by atoms with van der Waals surface area (Å²) in [4.78, 5) is 5.88. The highest BCUT2D eigenvalue weighted by molar-refractivity contribution is 5.86. The van der Waals surface area contributed by atoms with E-state index in [0.29, 0.717) is 6.79 Å². The fourth-order valence-electron chi connectivity index (χ4n) is 3.60. The lowest BCUT2D eigenvalue weighted by Gasteiger charge is -2.23. The van der Waals surface area contributed by atoms with Crippen LogP contribution in [-0.2, 0) is 6.42 Å². The van der Waals surface area contributed by atoms with Crippen LogP contribution in [0.3, 0.4) is 0 Å². The largest absolute Gasteiger partial charge is 0.454 e. The summed E-state index contributed by atoms with van der Waals surface area (Å²) in [6.45, 7) is 1.45. The minimum atomic E-state index is 0.335. The average Bonchev–Trinajstić information content (AvgIpc) is 3.22. The molecule has 0 bridgehead atoms. The number of aromatic amines is 1. The van der Waals surface area contributed by atoms with Crippen LogP contribution in [0.5, 0.6) is 11.5 Å². The van der Waals surface area contributed by atoms with Crippen LogP contribution < -0.4 is 9.47 Å². The van der Waals surface area contributed by atoms with E-state index in [1.165, 1.54) is 36.6 Å². The normalized spacial score (nSPS) is 18.2. The van der Waals surface area contributed by atoms with E-state index >= 15 is 0 Å². The Morgan fingerprint density at radius 3 is 2.76 bits per heavy atom. The van der Waals surface area contributed by atoms with Gasteiger partial charge in [0.2, 0.25) is 6.79 Å². The molecule has 0 atom stereocenters. The zero-order chi connectivity index (χ0) is 14.2. The van der Waals surface area contributed by atoms with Crippen molar-refractivity contribution in [1.82, 2.24) is 9.88 Å². The number of nitrogens with zero attached hydrogens (tertiary/aromatic N) is 1. The lowest BCUT2D eigenvalue weighted by molar-refractivity contribution is 0.174. The number of H-pyrrole nitrogens is 1. The number of aromatic nitrogens is 1. The number of rotatable bonds is 4. The van der Waals surface area contributed by atoms with Gasteiger partial charge in [-0.2, -0.15) is 0 Å². The summed E-state index contributed by atoms with van der Waals surface area (Å²) in [5.74, 6) is 1.71. The van der Waals surface area contributed by atoms with E-state index in [1.54, 1.807) is 0 Å². The molecule has 2 aliphatic rings. The third kappa shape index (κ3) is 2.38. The second-order valence-electron chi connectivity index (χ2n) is 6.23. The van der Waals surface area contributed by atoms with E-state index in [2.05, 4.69) is 29.2 Å². The van der Waals surface area contributed by atoms with Crippen molar-refractivity contribution in [2.75, 3.05) is 20.4 Å². The van der Waals surface area contributed by atoms with Gasteiger partial charge in [0.05, 0.1) is 0 Å². The first kappa shape index (κ1) is 13.0. The molecule has 0 radical (unpaired) electrons. The van der Waals surface area contributed by atoms with E-state index in [-0.39, 0.29) is 0 Å². The Morgan fingerprint density at radius 2 is 1.95 bits per heavy atom. The van der Waals surface area contributed by atoms with Crippen molar-refractivity contribution in [2.45, 2.75) is 38.1 Å². The molecular formula is C17H22N2O2. The highest BCUT2D eigenvalue weighted by Crippen LogP contribution is 2.37. The monoisotopic (exact) mass is 286 g/mol. The Morgan fingerprint density at radius 1 is 1.19 bits per heavy atom. The number of nitrogens with one attached hydrogen (secondary N) is 1. The maximum atomic E-state index is 5.49. The van der Waals surface area contributed by atoms with E-state index in [4.69, 9.17) is 9.47 Å². The topological polar surface area (TPSA) is 37.5 Å². The van der Waals surface area contributed by atoms with Gasteiger partial charge in [0.1, 0.15) is 0 Å². The molecule has 1 aromatic carbocycles. The SMILES string of the molecule is CN(CCc1c[nH]c2cc3c(cc12)OCO3)C1CCCC1. The highest BCUT2D eigenvalue weighted by Gasteiger charge is 2.20. The van der Waals surface area contributed by atoms with Crippen LogP contribution >= 0.6 is 0 Å². The van der Waals surface area contributed by atoms with Crippen LogP contribution in [0, 0.1) is 0 Å². The lowest BCUT2D eigenvalue weighted by Crippen LogP contribution is -2.30. The summed E-state index contributed by atoms with van der Waals surface area (Å²) < 4.78 is 10.9. The molecule has 0 spiro atoms. The summed E-state index contributed by atoms with van der Waals surface area (Å²) in [6, 6.07) is 4.94. The van der Waals surface area contributed by atoms with Crippen molar-refractivity contribution < 1.29 is 9.47 Å². The molecule has 4 nitrogen and oxygen atoms in total. The molecule has 0 amide bonds. The molecule has 1 aliphatic carbocycles. The Balaban J connectivity index is 1.51. The first-order chi connectivity index (χ1) is 10.3. The van der Waals surface area contributed by atoms with Gasteiger partial charge in [-0.25, -0.2) is 0 Å². The maximum absolute atomic E-state index is 5.49. The van der Waals surface area contributed by atoms with Crippen molar-refractivity contribution in [3.05, 3.63) is 23.9 Å². The molecule has 1 aromatic heterocycles. The Hall–Kier alpha value is -1.68. The molecule has 0 unspecified atom stereocenters. The number of ether oxygens (including phenoxy) is 2. The summed E-state index contributed by atoms with van der Waals surface area (Å²) >= 11 is 0. The van der Waals surface area contributed by atoms with Gasteiger partial charge in [0.15, 0.2) is 11.5 Å². The van der Waals surface area contributed by atoms with Crippen molar-refractivity contribution in [2.24, 2.45) is 0 Å². The zero-order valence-electron chi connectivity index (χ0n) is 12.5. The Labute approximate surface area is 125 Å². The van der Waals surface area contributed by atoms with Gasteiger partial charge in [-0.15, -0.1) is 0 Å². The third-order valence-corrected chi connectivity index (χ3v) is 4.94. The number of fused-ring (bicyclic) bond motifs is 2. The lowest BCUT2D eigenvalue weighted by atomic mass is 10.1. The van der Waals surface area contributed by atoms with Crippen LogP contribution in [0.2, 0.25) is 0 Å². The molecule has 2 heterocycles. The Bertz CT molecular complexity index is 644. The first-order valence-corrected chi connectivity index (χ1v) is 7.91. The fraction of sp³-hybridized carbons (Fsp3) is 0.529. The molecule has 1 fully saturated rings. The summed E-state index contributed by atoms with van der Waals surface area (Å²) in [6.07, 6.45) is 8.72. The molecule has 112 valence electrons. The third-order valence-electron chi connectivity index (χ3n) is 4.94. The standard InChI is InChI=1S/C17H22N2O2/c1-19(13-4-2-3-5-13)7-6-12-10-18-15-9-17-16(8-14(12)15)20-11-21-17/h8-10,13,18H,2-7,11H2,1H3. The average molecular weight is 286 g/mol.